The van der Waals surface area contributed by atoms with E-state index >= 15 is 0 Å². The van der Waals surface area contributed by atoms with Gasteiger partial charge in [-0.2, -0.15) is 0 Å². The lowest BCUT2D eigenvalue weighted by Crippen LogP contribution is -2.36. The third kappa shape index (κ3) is 4.46. The molecule has 0 atom stereocenters. The predicted octanol–water partition coefficient (Wildman–Crippen LogP) is 1.19. The Balaban J connectivity index is 2.56. The van der Waals surface area contributed by atoms with Crippen LogP contribution in [0.4, 0.5) is 5.69 Å². The Morgan fingerprint density at radius 3 is 2.67 bits per heavy atom. The molecular formula is C12H15BrN2O3. The van der Waals surface area contributed by atoms with E-state index in [4.69, 9.17) is 5.11 Å². The zero-order valence-electron chi connectivity index (χ0n) is 10.00. The Bertz CT molecular complexity index is 449. The van der Waals surface area contributed by atoms with Gasteiger partial charge in [-0.25, -0.2) is 0 Å². The summed E-state index contributed by atoms with van der Waals surface area (Å²) in [5.74, 6) is -1.44. The van der Waals surface area contributed by atoms with E-state index in [-0.39, 0.29) is 13.2 Å². The number of aliphatic hydroxyl groups is 1. The van der Waals surface area contributed by atoms with Crippen LogP contribution in [0.1, 0.15) is 12.0 Å². The average molecular weight is 315 g/mol. The van der Waals surface area contributed by atoms with Crippen LogP contribution in [0, 0.1) is 6.92 Å². The maximum atomic E-state index is 11.5. The number of hydrogen-bond donors (Lipinski definition) is 3. The molecule has 0 heterocycles. The smallest absolute Gasteiger partial charge is 0.313 e. The van der Waals surface area contributed by atoms with E-state index in [2.05, 4.69) is 26.6 Å². The van der Waals surface area contributed by atoms with E-state index in [0.29, 0.717) is 12.1 Å². The minimum Gasteiger partial charge on any atom is -0.396 e. The summed E-state index contributed by atoms with van der Waals surface area (Å²) in [6.45, 7) is 2.18. The molecular weight excluding hydrogens is 300 g/mol. The number of nitrogens with one attached hydrogen (secondary N) is 2. The minimum absolute atomic E-state index is 0.0224. The number of aliphatic hydroxyl groups excluding tert-OH is 1. The maximum Gasteiger partial charge on any atom is 0.313 e. The Morgan fingerprint density at radius 1 is 1.33 bits per heavy atom. The lowest BCUT2D eigenvalue weighted by atomic mass is 10.2. The molecule has 0 unspecified atom stereocenters. The van der Waals surface area contributed by atoms with Gasteiger partial charge in [0, 0.05) is 17.6 Å². The minimum atomic E-state index is -0.725. The molecule has 0 radical (unpaired) electrons. The third-order valence-electron chi connectivity index (χ3n) is 2.20. The maximum absolute atomic E-state index is 11.5. The van der Waals surface area contributed by atoms with E-state index in [1.807, 2.05) is 19.1 Å². The van der Waals surface area contributed by atoms with Crippen molar-refractivity contribution < 1.29 is 14.7 Å². The van der Waals surface area contributed by atoms with E-state index in [1.165, 1.54) is 0 Å². The van der Waals surface area contributed by atoms with Gasteiger partial charge in [0.1, 0.15) is 0 Å². The molecule has 0 aliphatic carbocycles. The fraction of sp³-hybridized carbons (Fsp3) is 0.333. The molecule has 0 aliphatic rings. The van der Waals surface area contributed by atoms with Gasteiger partial charge in [-0.3, -0.25) is 9.59 Å². The number of carbonyl (C=O) groups excluding carboxylic acids is 2. The molecule has 0 fully saturated rings. The lowest BCUT2D eigenvalue weighted by Gasteiger charge is -2.08. The van der Waals surface area contributed by atoms with Crippen molar-refractivity contribution in [3.63, 3.8) is 0 Å². The summed E-state index contributed by atoms with van der Waals surface area (Å²) in [7, 11) is 0. The topological polar surface area (TPSA) is 78.4 Å². The van der Waals surface area contributed by atoms with Gasteiger partial charge in [0.15, 0.2) is 0 Å². The van der Waals surface area contributed by atoms with Crippen LogP contribution in [0.5, 0.6) is 0 Å². The van der Waals surface area contributed by atoms with Crippen LogP contribution in [0.2, 0.25) is 0 Å². The van der Waals surface area contributed by atoms with Crippen LogP contribution in [0.15, 0.2) is 22.7 Å². The van der Waals surface area contributed by atoms with Crippen LogP contribution in [0.3, 0.4) is 0 Å². The van der Waals surface area contributed by atoms with Gasteiger partial charge in [-0.1, -0.05) is 6.07 Å². The van der Waals surface area contributed by atoms with Crippen LogP contribution in [-0.4, -0.2) is 30.1 Å². The first-order valence-electron chi connectivity index (χ1n) is 5.51. The van der Waals surface area contributed by atoms with Crippen molar-refractivity contribution in [1.29, 1.82) is 0 Å². The second kappa shape index (κ2) is 7.13. The first kappa shape index (κ1) is 14.7. The largest absolute Gasteiger partial charge is 0.396 e. The average Bonchev–Trinajstić information content (AvgIpc) is 2.32. The SMILES string of the molecule is Cc1ccc(NC(=O)C(=O)NCCCO)c(Br)c1. The highest BCUT2D eigenvalue weighted by Crippen LogP contribution is 2.23. The number of rotatable bonds is 4. The number of hydrogen-bond acceptors (Lipinski definition) is 3. The molecule has 0 aromatic heterocycles. The second-order valence-electron chi connectivity index (χ2n) is 3.77. The molecule has 5 nitrogen and oxygen atoms in total. The van der Waals surface area contributed by atoms with Gasteiger partial charge in [-0.15, -0.1) is 0 Å². The quantitative estimate of drug-likeness (QED) is 0.577. The fourth-order valence-electron chi connectivity index (χ4n) is 1.26. The van der Waals surface area contributed by atoms with Crippen molar-refractivity contribution in [1.82, 2.24) is 5.32 Å². The van der Waals surface area contributed by atoms with Crippen molar-refractivity contribution in [2.45, 2.75) is 13.3 Å². The summed E-state index contributed by atoms with van der Waals surface area (Å²) in [6.07, 6.45) is 0.424. The predicted molar refractivity (Wildman–Crippen MR) is 72.2 cm³/mol. The number of carbonyl (C=O) groups is 2. The normalized spacial score (nSPS) is 9.94. The zero-order valence-corrected chi connectivity index (χ0v) is 11.6. The molecule has 0 saturated heterocycles. The lowest BCUT2D eigenvalue weighted by molar-refractivity contribution is -0.136. The van der Waals surface area contributed by atoms with Crippen molar-refractivity contribution in [2.75, 3.05) is 18.5 Å². The molecule has 1 rings (SSSR count). The first-order valence-corrected chi connectivity index (χ1v) is 6.30. The monoisotopic (exact) mass is 314 g/mol. The number of anilines is 1. The van der Waals surface area contributed by atoms with Crippen LogP contribution < -0.4 is 10.6 Å². The Kier molecular flexibility index (Phi) is 5.80. The fourth-order valence-corrected chi connectivity index (χ4v) is 1.85. The molecule has 1 aromatic rings. The molecule has 2 amide bonds. The molecule has 6 heteroatoms. The first-order chi connectivity index (χ1) is 8.54. The van der Waals surface area contributed by atoms with E-state index < -0.39 is 11.8 Å². The summed E-state index contributed by atoms with van der Waals surface area (Å²) in [4.78, 5) is 22.9. The molecule has 0 saturated carbocycles. The van der Waals surface area contributed by atoms with Gasteiger partial charge in [-0.05, 0) is 47.0 Å². The molecule has 18 heavy (non-hydrogen) atoms. The van der Waals surface area contributed by atoms with Gasteiger partial charge < -0.3 is 15.7 Å². The molecule has 0 bridgehead atoms. The highest BCUT2D eigenvalue weighted by atomic mass is 79.9. The molecule has 98 valence electrons. The Hall–Kier alpha value is -1.40. The standard InChI is InChI=1S/C12H15BrN2O3/c1-8-3-4-10(9(13)7-8)15-12(18)11(17)14-5-2-6-16/h3-4,7,16H,2,5-6H2,1H3,(H,14,17)(H,15,18). The summed E-state index contributed by atoms with van der Waals surface area (Å²) >= 11 is 3.31. The summed E-state index contributed by atoms with van der Waals surface area (Å²) in [6, 6.07) is 5.40. The zero-order chi connectivity index (χ0) is 13.5. The van der Waals surface area contributed by atoms with Crippen molar-refractivity contribution in [3.05, 3.63) is 28.2 Å². The van der Waals surface area contributed by atoms with Crippen LogP contribution in [0.25, 0.3) is 0 Å². The van der Waals surface area contributed by atoms with Crippen LogP contribution >= 0.6 is 15.9 Å². The molecule has 0 spiro atoms. The van der Waals surface area contributed by atoms with Gasteiger partial charge in [0.05, 0.1) is 5.69 Å². The van der Waals surface area contributed by atoms with E-state index in [9.17, 15) is 9.59 Å². The van der Waals surface area contributed by atoms with Crippen molar-refractivity contribution in [3.8, 4) is 0 Å². The van der Waals surface area contributed by atoms with Crippen molar-refractivity contribution in [2.24, 2.45) is 0 Å². The van der Waals surface area contributed by atoms with E-state index in [0.717, 1.165) is 10.0 Å². The summed E-state index contributed by atoms with van der Waals surface area (Å²) in [5.41, 5.74) is 1.59. The summed E-state index contributed by atoms with van der Waals surface area (Å²) < 4.78 is 0.721. The number of halogens is 1. The number of benzene rings is 1. The van der Waals surface area contributed by atoms with Gasteiger partial charge >= 0.3 is 11.8 Å². The Labute approximate surface area is 114 Å². The second-order valence-corrected chi connectivity index (χ2v) is 4.62. The van der Waals surface area contributed by atoms with E-state index in [1.54, 1.807) is 6.07 Å². The number of aryl methyl sites for hydroxylation is 1. The Morgan fingerprint density at radius 2 is 2.06 bits per heavy atom. The number of amides is 2. The van der Waals surface area contributed by atoms with Gasteiger partial charge in [0.2, 0.25) is 0 Å². The van der Waals surface area contributed by atoms with Crippen molar-refractivity contribution >= 4 is 33.4 Å². The third-order valence-corrected chi connectivity index (χ3v) is 2.86. The molecule has 0 aliphatic heterocycles. The highest BCUT2D eigenvalue weighted by molar-refractivity contribution is 9.10. The molecule has 1 aromatic carbocycles. The summed E-state index contributed by atoms with van der Waals surface area (Å²) in [5, 5.41) is 13.5. The van der Waals surface area contributed by atoms with Crippen LogP contribution in [-0.2, 0) is 9.59 Å². The molecule has 3 N–H and O–H groups in total. The van der Waals surface area contributed by atoms with Gasteiger partial charge in [0.25, 0.3) is 0 Å². The highest BCUT2D eigenvalue weighted by Gasteiger charge is 2.14.